The minimum atomic E-state index is 0.363. The number of halogens is 1. The quantitative estimate of drug-likeness (QED) is 0.528. The summed E-state index contributed by atoms with van der Waals surface area (Å²) in [7, 11) is 0. The molecule has 2 atom stereocenters. The van der Waals surface area contributed by atoms with E-state index in [4.69, 9.17) is 21.6 Å². The lowest BCUT2D eigenvalue weighted by Crippen LogP contribution is -2.24. The van der Waals surface area contributed by atoms with E-state index in [1.165, 1.54) is 19.3 Å². The molecule has 0 aromatic carbocycles. The first-order valence-electron chi connectivity index (χ1n) is 10.7. The van der Waals surface area contributed by atoms with Gasteiger partial charge in [-0.1, -0.05) is 31.9 Å². The molecule has 3 rings (SSSR count). The van der Waals surface area contributed by atoms with Crippen LogP contribution in [-0.2, 0) is 0 Å². The van der Waals surface area contributed by atoms with E-state index in [0.717, 1.165) is 37.2 Å². The van der Waals surface area contributed by atoms with Crippen LogP contribution in [0.4, 0.5) is 5.82 Å². The number of hydrogen-bond acceptors (Lipinski definition) is 6. The summed E-state index contributed by atoms with van der Waals surface area (Å²) in [5.41, 5.74) is 0.363. The van der Waals surface area contributed by atoms with Crippen LogP contribution in [0.2, 0.25) is 5.02 Å². The molecule has 0 amide bonds. The largest absolute Gasteiger partial charge is 0.478 e. The fraction of sp³-hybridized carbons (Fsp3) is 0.565. The molecular weight excluding hydrogens is 398 g/mol. The van der Waals surface area contributed by atoms with Crippen molar-refractivity contribution < 1.29 is 4.74 Å². The SMILES string of the molecule is CCCCN(CC)c1ccc(Cl)cn1.Cc1nc(C#N)cc(OCCC2CC2C)n1. The zero-order valence-electron chi connectivity index (χ0n) is 18.4. The molecule has 7 heteroatoms. The normalized spacial score (nSPS) is 16.8. The van der Waals surface area contributed by atoms with Gasteiger partial charge in [0.25, 0.3) is 0 Å². The van der Waals surface area contributed by atoms with Crippen LogP contribution in [0.1, 0.15) is 58.0 Å². The summed E-state index contributed by atoms with van der Waals surface area (Å²) in [6, 6.07) is 7.44. The second-order valence-corrected chi connectivity index (χ2v) is 8.06. The third-order valence-corrected chi connectivity index (χ3v) is 5.37. The molecule has 2 aromatic rings. The predicted octanol–water partition coefficient (Wildman–Crippen LogP) is 5.44. The Hall–Kier alpha value is -2.39. The van der Waals surface area contributed by atoms with Crippen molar-refractivity contribution >= 4 is 17.4 Å². The smallest absolute Gasteiger partial charge is 0.217 e. The molecule has 0 bridgehead atoms. The molecule has 0 saturated heterocycles. The van der Waals surface area contributed by atoms with Crippen molar-refractivity contribution in [3.8, 4) is 11.9 Å². The van der Waals surface area contributed by atoms with Gasteiger partial charge < -0.3 is 9.64 Å². The first-order valence-corrected chi connectivity index (χ1v) is 11.1. The molecule has 0 spiro atoms. The summed E-state index contributed by atoms with van der Waals surface area (Å²) in [6.07, 6.45) is 6.51. The molecule has 0 aliphatic heterocycles. The van der Waals surface area contributed by atoms with Crippen molar-refractivity contribution in [3.05, 3.63) is 40.9 Å². The van der Waals surface area contributed by atoms with E-state index in [0.29, 0.717) is 29.0 Å². The van der Waals surface area contributed by atoms with Gasteiger partial charge in [-0.15, -0.1) is 0 Å². The van der Waals surface area contributed by atoms with Crippen LogP contribution in [-0.4, -0.2) is 34.6 Å². The van der Waals surface area contributed by atoms with E-state index in [-0.39, 0.29) is 0 Å². The summed E-state index contributed by atoms with van der Waals surface area (Å²) in [5, 5.41) is 9.44. The summed E-state index contributed by atoms with van der Waals surface area (Å²) in [5.74, 6) is 3.78. The molecule has 0 radical (unpaired) electrons. The number of nitriles is 1. The lowest BCUT2D eigenvalue weighted by molar-refractivity contribution is 0.287. The van der Waals surface area contributed by atoms with Gasteiger partial charge in [0.05, 0.1) is 11.6 Å². The van der Waals surface area contributed by atoms with E-state index in [9.17, 15) is 0 Å². The van der Waals surface area contributed by atoms with Gasteiger partial charge in [-0.3, -0.25) is 0 Å². The fourth-order valence-corrected chi connectivity index (χ4v) is 3.24. The van der Waals surface area contributed by atoms with E-state index < -0.39 is 0 Å². The van der Waals surface area contributed by atoms with Crippen LogP contribution in [0.5, 0.6) is 5.88 Å². The lowest BCUT2D eigenvalue weighted by Gasteiger charge is -2.21. The maximum atomic E-state index is 8.75. The predicted molar refractivity (Wildman–Crippen MR) is 121 cm³/mol. The Balaban J connectivity index is 0.000000216. The zero-order valence-corrected chi connectivity index (χ0v) is 19.2. The van der Waals surface area contributed by atoms with Crippen molar-refractivity contribution in [2.75, 3.05) is 24.6 Å². The van der Waals surface area contributed by atoms with Crippen LogP contribution in [0.3, 0.4) is 0 Å². The molecule has 6 nitrogen and oxygen atoms in total. The van der Waals surface area contributed by atoms with Gasteiger partial charge >= 0.3 is 0 Å². The van der Waals surface area contributed by atoms with Crippen molar-refractivity contribution in [3.63, 3.8) is 0 Å². The van der Waals surface area contributed by atoms with Crippen LogP contribution < -0.4 is 9.64 Å². The third kappa shape index (κ3) is 8.16. The molecule has 162 valence electrons. The van der Waals surface area contributed by atoms with Crippen molar-refractivity contribution in [2.45, 2.75) is 53.4 Å². The molecule has 1 saturated carbocycles. The highest BCUT2D eigenvalue weighted by atomic mass is 35.5. The fourth-order valence-electron chi connectivity index (χ4n) is 3.13. The number of unbranched alkanes of at least 4 members (excludes halogenated alkanes) is 1. The maximum Gasteiger partial charge on any atom is 0.217 e. The molecule has 1 aliphatic carbocycles. The number of ether oxygens (including phenoxy) is 1. The Labute approximate surface area is 185 Å². The molecule has 2 aromatic heterocycles. The highest BCUT2D eigenvalue weighted by Gasteiger charge is 2.31. The Morgan fingerprint density at radius 1 is 1.30 bits per heavy atom. The van der Waals surface area contributed by atoms with Gasteiger partial charge in [0, 0.05) is 25.4 Å². The van der Waals surface area contributed by atoms with Gasteiger partial charge in [-0.2, -0.15) is 10.2 Å². The lowest BCUT2D eigenvalue weighted by atomic mass is 10.2. The minimum absolute atomic E-state index is 0.363. The van der Waals surface area contributed by atoms with Gasteiger partial charge in [-0.25, -0.2) is 9.97 Å². The second-order valence-electron chi connectivity index (χ2n) is 7.63. The Kier molecular flexibility index (Phi) is 9.82. The molecule has 0 N–H and O–H groups in total. The standard InChI is InChI=1S/C12H15N3O.C11H17ClN2/c1-8-5-10(8)3-4-16-12-6-11(7-13)14-9(2)15-12;1-3-5-8-14(4-2)11-7-6-10(12)9-13-11/h6,8,10H,3-5H2,1-2H3;6-7,9H,3-5,8H2,1-2H3. The average molecular weight is 430 g/mol. The summed E-state index contributed by atoms with van der Waals surface area (Å²) < 4.78 is 5.53. The Morgan fingerprint density at radius 3 is 2.63 bits per heavy atom. The summed E-state index contributed by atoms with van der Waals surface area (Å²) in [6.45, 7) is 11.1. The Morgan fingerprint density at radius 2 is 2.07 bits per heavy atom. The maximum absolute atomic E-state index is 8.75. The highest BCUT2D eigenvalue weighted by Crippen LogP contribution is 2.40. The van der Waals surface area contributed by atoms with E-state index in [1.54, 1.807) is 19.2 Å². The molecule has 2 unspecified atom stereocenters. The molecular formula is C23H32ClN5O. The van der Waals surface area contributed by atoms with E-state index >= 15 is 0 Å². The number of aryl methyl sites for hydroxylation is 1. The second kappa shape index (κ2) is 12.3. The van der Waals surface area contributed by atoms with Crippen LogP contribution in [0, 0.1) is 30.1 Å². The number of aromatic nitrogens is 3. The number of rotatable bonds is 9. The van der Waals surface area contributed by atoms with E-state index in [1.807, 2.05) is 18.2 Å². The number of nitrogens with zero attached hydrogens (tertiary/aromatic N) is 5. The molecule has 30 heavy (non-hydrogen) atoms. The van der Waals surface area contributed by atoms with Crippen molar-refractivity contribution in [1.82, 2.24) is 15.0 Å². The number of anilines is 1. The topological polar surface area (TPSA) is 74.9 Å². The molecule has 1 fully saturated rings. The van der Waals surface area contributed by atoms with Crippen LogP contribution >= 0.6 is 11.6 Å². The van der Waals surface area contributed by atoms with Crippen molar-refractivity contribution in [1.29, 1.82) is 5.26 Å². The van der Waals surface area contributed by atoms with Gasteiger partial charge in [0.15, 0.2) is 0 Å². The molecule has 1 aliphatic rings. The number of hydrogen-bond donors (Lipinski definition) is 0. The number of pyridine rings is 1. The zero-order chi connectivity index (χ0) is 21.9. The van der Waals surface area contributed by atoms with Crippen LogP contribution in [0.15, 0.2) is 24.4 Å². The van der Waals surface area contributed by atoms with E-state index in [2.05, 4.69) is 40.6 Å². The molecule has 2 heterocycles. The Bertz CT molecular complexity index is 821. The summed E-state index contributed by atoms with van der Waals surface area (Å²) >= 11 is 5.78. The van der Waals surface area contributed by atoms with Crippen LogP contribution in [0.25, 0.3) is 0 Å². The minimum Gasteiger partial charge on any atom is -0.478 e. The van der Waals surface area contributed by atoms with Gasteiger partial charge in [-0.05, 0) is 57.1 Å². The highest BCUT2D eigenvalue weighted by molar-refractivity contribution is 6.30. The van der Waals surface area contributed by atoms with Crippen molar-refractivity contribution in [2.24, 2.45) is 11.8 Å². The monoisotopic (exact) mass is 429 g/mol. The van der Waals surface area contributed by atoms with Gasteiger partial charge in [0.1, 0.15) is 23.4 Å². The third-order valence-electron chi connectivity index (χ3n) is 5.14. The average Bonchev–Trinajstić information content (AvgIpc) is 3.44. The van der Waals surface area contributed by atoms with Gasteiger partial charge in [0.2, 0.25) is 5.88 Å². The first kappa shape index (κ1) is 23.9. The first-order chi connectivity index (χ1) is 14.5. The summed E-state index contributed by atoms with van der Waals surface area (Å²) in [4.78, 5) is 14.7.